The average molecular weight is 442 g/mol. The second-order valence-electron chi connectivity index (χ2n) is 7.95. The summed E-state index contributed by atoms with van der Waals surface area (Å²) in [5, 5.41) is 1.80. The summed E-state index contributed by atoms with van der Waals surface area (Å²) in [7, 11) is 0. The number of amides is 1. The summed E-state index contributed by atoms with van der Waals surface area (Å²) >= 11 is 5.75. The third kappa shape index (κ3) is 5.01. The molecule has 0 aromatic heterocycles. The molecule has 2 saturated carbocycles. The Bertz CT molecular complexity index is 755. The Morgan fingerprint density at radius 1 is 0.897 bits per heavy atom. The van der Waals surface area contributed by atoms with Gasteiger partial charge in [0.05, 0.1) is 21.7 Å². The predicted molar refractivity (Wildman–Crippen MR) is 96.6 cm³/mol. The minimum atomic E-state index is -5.14. The van der Waals surface area contributed by atoms with E-state index in [1.54, 1.807) is 0 Å². The highest BCUT2D eigenvalue weighted by atomic mass is 35.5. The lowest BCUT2D eigenvalue weighted by atomic mass is 9.77. The van der Waals surface area contributed by atoms with Crippen molar-refractivity contribution < 1.29 is 31.1 Å². The van der Waals surface area contributed by atoms with E-state index in [1.165, 1.54) is 0 Å². The van der Waals surface area contributed by atoms with Gasteiger partial charge in [0.2, 0.25) is 0 Å². The van der Waals surface area contributed by atoms with Crippen LogP contribution in [0.4, 0.5) is 26.3 Å². The number of alkyl halides is 6. The summed E-state index contributed by atoms with van der Waals surface area (Å²) in [4.78, 5) is 12.7. The molecule has 2 aliphatic rings. The summed E-state index contributed by atoms with van der Waals surface area (Å²) in [5.74, 6) is -0.465. The molecule has 0 unspecified atom stereocenters. The minimum Gasteiger partial charge on any atom is -0.349 e. The minimum absolute atomic E-state index is 0.0476. The highest BCUT2D eigenvalue weighted by Gasteiger charge is 2.42. The van der Waals surface area contributed by atoms with Crippen molar-refractivity contribution in [1.82, 2.24) is 5.32 Å². The average Bonchev–Trinajstić information content (AvgIpc) is 3.08. The number of halogens is 7. The number of hydrogen-bond acceptors (Lipinski definition) is 1. The molecule has 162 valence electrons. The van der Waals surface area contributed by atoms with Gasteiger partial charge in [-0.15, -0.1) is 0 Å². The Kier molecular flexibility index (Phi) is 6.41. The molecular formula is C20H22ClF6NO. The highest BCUT2D eigenvalue weighted by Crippen LogP contribution is 2.42. The topological polar surface area (TPSA) is 29.1 Å². The van der Waals surface area contributed by atoms with Crippen molar-refractivity contribution in [3.8, 4) is 0 Å². The zero-order valence-electron chi connectivity index (χ0n) is 15.6. The number of carbonyl (C=O) groups excluding carboxylic acids is 1. The fourth-order valence-electron chi connectivity index (χ4n) is 4.76. The maximum absolute atomic E-state index is 13.4. The van der Waals surface area contributed by atoms with Gasteiger partial charge in [-0.05, 0) is 36.8 Å². The molecule has 2 atom stereocenters. The van der Waals surface area contributed by atoms with Gasteiger partial charge in [-0.25, -0.2) is 0 Å². The van der Waals surface area contributed by atoms with E-state index in [9.17, 15) is 31.1 Å². The maximum Gasteiger partial charge on any atom is 0.417 e. The molecule has 2 fully saturated rings. The normalized spacial score (nSPS) is 24.0. The lowest BCUT2D eigenvalue weighted by Crippen LogP contribution is -2.41. The van der Waals surface area contributed by atoms with Gasteiger partial charge in [0.1, 0.15) is 0 Å². The van der Waals surface area contributed by atoms with Crippen LogP contribution in [0, 0.1) is 11.8 Å². The number of carbonyl (C=O) groups is 1. The maximum atomic E-state index is 13.4. The van der Waals surface area contributed by atoms with Crippen LogP contribution in [0.25, 0.3) is 0 Å². The fraction of sp³-hybridized carbons (Fsp3) is 0.650. The van der Waals surface area contributed by atoms with Crippen LogP contribution in [0.2, 0.25) is 5.02 Å². The van der Waals surface area contributed by atoms with Gasteiger partial charge in [-0.2, -0.15) is 26.3 Å². The zero-order chi connectivity index (χ0) is 21.4. The van der Waals surface area contributed by atoms with Gasteiger partial charge in [0.15, 0.2) is 0 Å². The Morgan fingerprint density at radius 2 is 1.55 bits per heavy atom. The number of nitrogens with one attached hydrogen (secondary N) is 1. The molecule has 0 spiro atoms. The summed E-state index contributed by atoms with van der Waals surface area (Å²) < 4.78 is 79.1. The van der Waals surface area contributed by atoms with Gasteiger partial charge in [0, 0.05) is 6.04 Å². The van der Waals surface area contributed by atoms with Crippen LogP contribution in [0.1, 0.15) is 72.9 Å². The lowest BCUT2D eigenvalue weighted by molar-refractivity contribution is -0.143. The molecule has 0 aliphatic heterocycles. The molecule has 29 heavy (non-hydrogen) atoms. The van der Waals surface area contributed by atoms with Crippen LogP contribution >= 0.6 is 11.6 Å². The van der Waals surface area contributed by atoms with Crippen LogP contribution in [-0.2, 0) is 12.4 Å². The highest BCUT2D eigenvalue weighted by molar-refractivity contribution is 6.34. The van der Waals surface area contributed by atoms with Crippen molar-refractivity contribution in [3.63, 3.8) is 0 Å². The first-order valence-corrected chi connectivity index (χ1v) is 10.1. The van der Waals surface area contributed by atoms with Gasteiger partial charge >= 0.3 is 12.4 Å². The van der Waals surface area contributed by atoms with Crippen molar-refractivity contribution in [3.05, 3.63) is 33.8 Å². The quantitative estimate of drug-likeness (QED) is 0.510. The molecule has 0 heterocycles. The Hall–Kier alpha value is -1.44. The van der Waals surface area contributed by atoms with E-state index in [2.05, 4.69) is 5.32 Å². The monoisotopic (exact) mass is 441 g/mol. The van der Waals surface area contributed by atoms with Gasteiger partial charge in [0.25, 0.3) is 5.91 Å². The first-order valence-electron chi connectivity index (χ1n) is 9.77. The molecule has 0 radical (unpaired) electrons. The van der Waals surface area contributed by atoms with E-state index >= 15 is 0 Å². The van der Waals surface area contributed by atoms with E-state index < -0.39 is 40.0 Å². The largest absolute Gasteiger partial charge is 0.417 e. The van der Waals surface area contributed by atoms with Crippen molar-refractivity contribution in [2.75, 3.05) is 0 Å². The molecule has 0 saturated heterocycles. The summed E-state index contributed by atoms with van der Waals surface area (Å²) in [5.41, 5.74) is -4.14. The van der Waals surface area contributed by atoms with Gasteiger partial charge < -0.3 is 5.32 Å². The fourth-order valence-corrected chi connectivity index (χ4v) is 5.06. The van der Waals surface area contributed by atoms with E-state index in [0.29, 0.717) is 18.4 Å². The van der Waals surface area contributed by atoms with Gasteiger partial charge in [-0.3, -0.25) is 4.79 Å². The lowest BCUT2D eigenvalue weighted by Gasteiger charge is -2.32. The van der Waals surface area contributed by atoms with Gasteiger partial charge in [-0.1, -0.05) is 50.1 Å². The SMILES string of the molecule is O=C(N[C@H]1CCC[C@H]1C1CCCCC1)c1c(Cl)cc(C(F)(F)F)cc1C(F)(F)F. The van der Waals surface area contributed by atoms with E-state index in [-0.39, 0.29) is 18.0 Å². The molecule has 2 aliphatic carbocycles. The van der Waals surface area contributed by atoms with E-state index in [1.807, 2.05) is 0 Å². The van der Waals surface area contributed by atoms with Crippen LogP contribution < -0.4 is 5.32 Å². The molecule has 1 amide bonds. The first kappa shape index (κ1) is 22.2. The summed E-state index contributed by atoms with van der Waals surface area (Å²) in [6, 6.07) is 0.0394. The zero-order valence-corrected chi connectivity index (χ0v) is 16.4. The number of hydrogen-bond donors (Lipinski definition) is 1. The van der Waals surface area contributed by atoms with Crippen molar-refractivity contribution in [1.29, 1.82) is 0 Å². The van der Waals surface area contributed by atoms with Crippen molar-refractivity contribution in [2.45, 2.75) is 69.8 Å². The molecule has 2 nitrogen and oxygen atoms in total. The molecule has 9 heteroatoms. The van der Waals surface area contributed by atoms with E-state index in [4.69, 9.17) is 11.6 Å². The summed E-state index contributed by atoms with van der Waals surface area (Å²) in [6.45, 7) is 0. The molecule has 1 aromatic carbocycles. The standard InChI is InChI=1S/C20H22ClF6NO/c21-15-10-12(19(22,23)24)9-14(20(25,26)27)17(15)18(29)28-16-8-4-7-13(16)11-5-2-1-3-6-11/h9-11,13,16H,1-8H2,(H,28,29)/t13-,16-/m0/s1. The van der Waals surface area contributed by atoms with E-state index in [0.717, 1.165) is 44.9 Å². The van der Waals surface area contributed by atoms with Crippen LogP contribution in [-0.4, -0.2) is 11.9 Å². The predicted octanol–water partition coefficient (Wildman–Crippen LogP) is 6.86. The van der Waals surface area contributed by atoms with Crippen LogP contribution in [0.15, 0.2) is 12.1 Å². The van der Waals surface area contributed by atoms with Crippen molar-refractivity contribution in [2.24, 2.45) is 11.8 Å². The third-order valence-electron chi connectivity index (χ3n) is 6.09. The Balaban J connectivity index is 1.88. The number of benzene rings is 1. The second kappa shape index (κ2) is 8.36. The smallest absolute Gasteiger partial charge is 0.349 e. The number of rotatable bonds is 3. The Labute approximate surface area is 170 Å². The molecule has 0 bridgehead atoms. The summed E-state index contributed by atoms with van der Waals surface area (Å²) in [6.07, 6.45) is -2.32. The molecule has 1 N–H and O–H groups in total. The first-order chi connectivity index (χ1) is 13.5. The second-order valence-corrected chi connectivity index (χ2v) is 8.36. The molecule has 3 rings (SSSR count). The van der Waals surface area contributed by atoms with Crippen molar-refractivity contribution >= 4 is 17.5 Å². The van der Waals surface area contributed by atoms with Crippen LogP contribution in [0.5, 0.6) is 0 Å². The Morgan fingerprint density at radius 3 is 2.14 bits per heavy atom. The molecule has 1 aromatic rings. The van der Waals surface area contributed by atoms with Crippen LogP contribution in [0.3, 0.4) is 0 Å². The molecular weight excluding hydrogens is 420 g/mol. The third-order valence-corrected chi connectivity index (χ3v) is 6.39.